The van der Waals surface area contributed by atoms with Crippen molar-refractivity contribution in [1.29, 1.82) is 0 Å². The Bertz CT molecular complexity index is 623. The number of hydrogen-bond donors (Lipinski definition) is 1. The Labute approximate surface area is 127 Å². The Hall–Kier alpha value is -1.61. The standard InChI is InChI=1S/C14H10F4O3S/c15-10-9(7-6-8-4-2-1-3-5-8)11(16)13(18)14(12(10)17)22-21-20-19/h1-5,19H,6-7H2. The van der Waals surface area contributed by atoms with Gasteiger partial charge in [0, 0.05) is 5.56 Å². The van der Waals surface area contributed by atoms with Gasteiger partial charge in [0.25, 0.3) is 0 Å². The number of halogens is 4. The molecule has 22 heavy (non-hydrogen) atoms. The SMILES string of the molecule is OOOSc1c(F)c(F)c(CCc2ccccc2)c(F)c1F. The third-order valence-electron chi connectivity index (χ3n) is 2.97. The summed E-state index contributed by atoms with van der Waals surface area (Å²) < 4.78 is 59.0. The van der Waals surface area contributed by atoms with Crippen LogP contribution < -0.4 is 0 Å². The molecular formula is C14H10F4O3S. The van der Waals surface area contributed by atoms with Crippen LogP contribution in [0.25, 0.3) is 0 Å². The quantitative estimate of drug-likeness (QED) is 0.278. The normalized spacial score (nSPS) is 11.0. The van der Waals surface area contributed by atoms with Gasteiger partial charge in [0.15, 0.2) is 23.3 Å². The number of benzene rings is 2. The van der Waals surface area contributed by atoms with Crippen molar-refractivity contribution < 1.29 is 32.2 Å². The molecule has 0 saturated carbocycles. The summed E-state index contributed by atoms with van der Waals surface area (Å²) in [7, 11) is 0. The molecule has 0 aliphatic heterocycles. The fraction of sp³-hybridized carbons (Fsp3) is 0.143. The molecule has 0 radical (unpaired) electrons. The summed E-state index contributed by atoms with van der Waals surface area (Å²) in [6.45, 7) is 0. The molecule has 0 fully saturated rings. The minimum Gasteiger partial charge on any atom is -0.220 e. The minimum absolute atomic E-state index is 0.177. The molecule has 2 aromatic carbocycles. The second kappa shape index (κ2) is 7.59. The molecule has 0 bridgehead atoms. The van der Waals surface area contributed by atoms with Crippen molar-refractivity contribution in [1.82, 2.24) is 0 Å². The van der Waals surface area contributed by atoms with Gasteiger partial charge in [-0.15, -0.1) is 4.33 Å². The van der Waals surface area contributed by atoms with E-state index >= 15 is 0 Å². The molecule has 0 atom stereocenters. The fourth-order valence-corrected chi connectivity index (χ4v) is 2.34. The van der Waals surface area contributed by atoms with Crippen LogP contribution in [0.5, 0.6) is 0 Å². The largest absolute Gasteiger partial charge is 0.220 e. The first-order chi connectivity index (χ1) is 10.6. The van der Waals surface area contributed by atoms with Gasteiger partial charge in [-0.3, -0.25) is 0 Å². The lowest BCUT2D eigenvalue weighted by Crippen LogP contribution is -2.07. The molecule has 8 heteroatoms. The van der Waals surface area contributed by atoms with Gasteiger partial charge in [0.2, 0.25) is 0 Å². The Morgan fingerprint density at radius 2 is 1.45 bits per heavy atom. The van der Waals surface area contributed by atoms with Gasteiger partial charge in [-0.05, 0) is 18.4 Å². The third-order valence-corrected chi connectivity index (χ3v) is 3.62. The van der Waals surface area contributed by atoms with Crippen molar-refractivity contribution in [3.8, 4) is 0 Å². The summed E-state index contributed by atoms with van der Waals surface area (Å²) in [6.07, 6.45) is 0.00806. The first kappa shape index (κ1) is 16.8. The van der Waals surface area contributed by atoms with Crippen LogP contribution in [0, 0.1) is 23.3 Å². The highest BCUT2D eigenvalue weighted by atomic mass is 32.2. The van der Waals surface area contributed by atoms with E-state index in [0.717, 1.165) is 5.56 Å². The van der Waals surface area contributed by atoms with Crippen LogP contribution in [0.4, 0.5) is 17.6 Å². The molecule has 0 unspecified atom stereocenters. The van der Waals surface area contributed by atoms with Crippen molar-refractivity contribution in [3.63, 3.8) is 0 Å². The van der Waals surface area contributed by atoms with E-state index < -0.39 is 33.7 Å². The average Bonchev–Trinajstić information content (AvgIpc) is 2.54. The summed E-state index contributed by atoms with van der Waals surface area (Å²) in [5.74, 6) is -6.22. The van der Waals surface area contributed by atoms with E-state index in [2.05, 4.69) is 9.37 Å². The van der Waals surface area contributed by atoms with Crippen molar-refractivity contribution >= 4 is 12.0 Å². The zero-order valence-electron chi connectivity index (χ0n) is 11.0. The maximum atomic E-state index is 13.9. The summed E-state index contributed by atoms with van der Waals surface area (Å²) in [4.78, 5) is -1.08. The monoisotopic (exact) mass is 334 g/mol. The molecule has 0 spiro atoms. The van der Waals surface area contributed by atoms with Crippen LogP contribution in [0.15, 0.2) is 35.2 Å². The van der Waals surface area contributed by atoms with Crippen LogP contribution in [-0.4, -0.2) is 5.26 Å². The van der Waals surface area contributed by atoms with Crippen LogP contribution in [0.2, 0.25) is 0 Å². The lowest BCUT2D eigenvalue weighted by molar-refractivity contribution is -0.432. The average molecular weight is 334 g/mol. The molecule has 118 valence electrons. The highest BCUT2D eigenvalue weighted by Gasteiger charge is 2.26. The number of hydrogen-bond acceptors (Lipinski definition) is 4. The van der Waals surface area contributed by atoms with Gasteiger partial charge in [0.05, 0.1) is 12.0 Å². The minimum atomic E-state index is -1.61. The van der Waals surface area contributed by atoms with E-state index in [1.807, 2.05) is 0 Å². The topological polar surface area (TPSA) is 38.7 Å². The molecule has 2 rings (SSSR count). The highest BCUT2D eigenvalue weighted by Crippen LogP contribution is 2.32. The van der Waals surface area contributed by atoms with Gasteiger partial charge in [0.1, 0.15) is 4.90 Å². The van der Waals surface area contributed by atoms with Crippen molar-refractivity contribution in [2.24, 2.45) is 0 Å². The highest BCUT2D eigenvalue weighted by molar-refractivity contribution is 7.94. The number of rotatable bonds is 6. The second-order valence-corrected chi connectivity index (χ2v) is 4.99. The molecular weight excluding hydrogens is 324 g/mol. The fourth-order valence-electron chi connectivity index (χ4n) is 1.91. The Morgan fingerprint density at radius 1 is 0.864 bits per heavy atom. The predicted molar refractivity (Wildman–Crippen MR) is 70.8 cm³/mol. The van der Waals surface area contributed by atoms with Crippen molar-refractivity contribution in [3.05, 3.63) is 64.7 Å². The molecule has 0 aliphatic carbocycles. The summed E-state index contributed by atoms with van der Waals surface area (Å²) in [5, 5.41) is 11.1. The van der Waals surface area contributed by atoms with E-state index in [4.69, 9.17) is 5.26 Å². The van der Waals surface area contributed by atoms with Crippen LogP contribution >= 0.6 is 12.0 Å². The van der Waals surface area contributed by atoms with Crippen LogP contribution in [-0.2, 0) is 22.2 Å². The van der Waals surface area contributed by atoms with Crippen molar-refractivity contribution in [2.45, 2.75) is 17.7 Å². The van der Waals surface area contributed by atoms with Crippen LogP contribution in [0.3, 0.4) is 0 Å². The Morgan fingerprint density at radius 3 is 2.00 bits per heavy atom. The Balaban J connectivity index is 2.28. The maximum absolute atomic E-state index is 13.9. The molecule has 0 saturated heterocycles. The Kier molecular flexibility index (Phi) is 5.78. The van der Waals surface area contributed by atoms with Gasteiger partial charge in [-0.25, -0.2) is 22.8 Å². The van der Waals surface area contributed by atoms with Gasteiger partial charge >= 0.3 is 0 Å². The maximum Gasteiger partial charge on any atom is 0.178 e. The second-order valence-electron chi connectivity index (χ2n) is 4.28. The first-order valence-corrected chi connectivity index (χ1v) is 6.84. The molecule has 2 aromatic rings. The molecule has 3 nitrogen and oxygen atoms in total. The lowest BCUT2D eigenvalue weighted by atomic mass is 10.0. The smallest absolute Gasteiger partial charge is 0.178 e. The molecule has 0 heterocycles. The third kappa shape index (κ3) is 3.58. The first-order valence-electron chi connectivity index (χ1n) is 6.09. The van der Waals surface area contributed by atoms with E-state index in [1.165, 1.54) is 0 Å². The van der Waals surface area contributed by atoms with E-state index in [9.17, 15) is 17.6 Å². The van der Waals surface area contributed by atoms with Gasteiger partial charge in [-0.2, -0.15) is 0 Å². The van der Waals surface area contributed by atoms with Gasteiger partial charge in [-0.1, -0.05) is 35.4 Å². The predicted octanol–water partition coefficient (Wildman–Crippen LogP) is 4.46. The summed E-state index contributed by atoms with van der Waals surface area (Å²) in [6, 6.07) is 8.74. The number of aryl methyl sites for hydroxylation is 1. The summed E-state index contributed by atoms with van der Waals surface area (Å²) in [5.41, 5.74) is 0.0886. The molecule has 0 aliphatic rings. The van der Waals surface area contributed by atoms with Gasteiger partial charge < -0.3 is 0 Å². The zero-order chi connectivity index (χ0) is 16.1. The van der Waals surface area contributed by atoms with Crippen LogP contribution in [0.1, 0.15) is 11.1 Å². The summed E-state index contributed by atoms with van der Waals surface area (Å²) >= 11 is -0.177. The lowest BCUT2D eigenvalue weighted by Gasteiger charge is -2.10. The zero-order valence-corrected chi connectivity index (χ0v) is 11.8. The molecule has 1 N–H and O–H groups in total. The van der Waals surface area contributed by atoms with E-state index in [1.54, 1.807) is 30.3 Å². The molecule has 0 aromatic heterocycles. The molecule has 0 amide bonds. The van der Waals surface area contributed by atoms with E-state index in [0.29, 0.717) is 0 Å². The van der Waals surface area contributed by atoms with E-state index in [-0.39, 0.29) is 24.9 Å². The van der Waals surface area contributed by atoms with Crippen molar-refractivity contribution in [2.75, 3.05) is 0 Å².